The summed E-state index contributed by atoms with van der Waals surface area (Å²) in [5, 5.41) is 25.5. The molecular weight excluding hydrogens is 656 g/mol. The summed E-state index contributed by atoms with van der Waals surface area (Å²) in [5.74, 6) is -3.99. The maximum atomic E-state index is 13.9. The smallest absolute Gasteiger partial charge is 0.292 e. The van der Waals surface area contributed by atoms with Crippen LogP contribution in [0.2, 0.25) is 0 Å². The van der Waals surface area contributed by atoms with Crippen molar-refractivity contribution in [1.29, 1.82) is 5.26 Å². The SMILES string of the molecule is C[C@H](Nc1ncnc(N)c1C#N)c1nc2ccc(F)cc2n1-c1cc(F)cc(F)c1.O=[N+]([O-])c1ccc(F)cc1Nc1cc(F)cc(F)c1. The Labute approximate surface area is 272 Å². The van der Waals surface area contributed by atoms with E-state index < -0.39 is 51.6 Å². The molecule has 1 atom stereocenters. The van der Waals surface area contributed by atoms with Gasteiger partial charge in [0.2, 0.25) is 0 Å². The molecule has 2 aromatic heterocycles. The number of nitrogens with zero attached hydrogens (tertiary/aromatic N) is 6. The molecule has 6 aromatic rings. The van der Waals surface area contributed by atoms with Crippen molar-refractivity contribution in [3.8, 4) is 11.8 Å². The lowest BCUT2D eigenvalue weighted by atomic mass is 10.2. The molecular formula is C32H21F6N9O2. The van der Waals surface area contributed by atoms with Crippen LogP contribution in [-0.2, 0) is 0 Å². The number of anilines is 4. The summed E-state index contributed by atoms with van der Waals surface area (Å²) < 4.78 is 82.2. The molecule has 4 N–H and O–H groups in total. The summed E-state index contributed by atoms with van der Waals surface area (Å²) in [5.41, 5.74) is 6.02. The fourth-order valence-corrected chi connectivity index (χ4v) is 4.73. The average Bonchev–Trinajstić information content (AvgIpc) is 3.39. The van der Waals surface area contributed by atoms with E-state index in [1.54, 1.807) is 6.92 Å². The zero-order chi connectivity index (χ0) is 35.4. The van der Waals surface area contributed by atoms with Crippen LogP contribution >= 0.6 is 0 Å². The van der Waals surface area contributed by atoms with Gasteiger partial charge in [0.1, 0.15) is 76.0 Å². The Balaban J connectivity index is 0.000000212. The first-order chi connectivity index (χ1) is 23.3. The molecule has 2 heterocycles. The topological polar surface area (TPSA) is 161 Å². The van der Waals surface area contributed by atoms with Crippen molar-refractivity contribution < 1.29 is 31.3 Å². The molecule has 4 aromatic carbocycles. The number of halogens is 6. The van der Waals surface area contributed by atoms with Crippen LogP contribution < -0.4 is 16.4 Å². The van der Waals surface area contributed by atoms with E-state index in [4.69, 9.17) is 5.73 Å². The average molecular weight is 678 g/mol. The Morgan fingerprint density at radius 3 is 2.10 bits per heavy atom. The minimum atomic E-state index is -0.846. The molecule has 0 spiro atoms. The van der Waals surface area contributed by atoms with E-state index in [2.05, 4.69) is 25.6 Å². The van der Waals surface area contributed by atoms with E-state index in [9.17, 15) is 41.7 Å². The molecule has 0 aliphatic heterocycles. The lowest BCUT2D eigenvalue weighted by Gasteiger charge is -2.18. The normalized spacial score (nSPS) is 11.3. The van der Waals surface area contributed by atoms with Crippen molar-refractivity contribution >= 4 is 39.7 Å². The highest BCUT2D eigenvalue weighted by molar-refractivity contribution is 5.79. The number of nitrogen functional groups attached to an aromatic ring is 1. The highest BCUT2D eigenvalue weighted by Gasteiger charge is 2.22. The summed E-state index contributed by atoms with van der Waals surface area (Å²) in [4.78, 5) is 22.3. The maximum Gasteiger partial charge on any atom is 0.292 e. The lowest BCUT2D eigenvalue weighted by Crippen LogP contribution is -2.15. The lowest BCUT2D eigenvalue weighted by molar-refractivity contribution is -0.384. The van der Waals surface area contributed by atoms with Gasteiger partial charge in [0, 0.05) is 36.0 Å². The minimum absolute atomic E-state index is 0.00461. The molecule has 0 amide bonds. The van der Waals surface area contributed by atoms with E-state index in [1.807, 2.05) is 6.07 Å². The Bertz CT molecular complexity index is 2220. The molecule has 0 saturated heterocycles. The third-order valence-corrected chi connectivity index (χ3v) is 6.77. The predicted molar refractivity (Wildman–Crippen MR) is 167 cm³/mol. The number of nitrogens with two attached hydrogens (primary N) is 1. The van der Waals surface area contributed by atoms with Gasteiger partial charge >= 0.3 is 0 Å². The fraction of sp³-hybridized carbons (Fsp3) is 0.0625. The summed E-state index contributed by atoms with van der Waals surface area (Å²) in [6, 6.07) is 13.6. The molecule has 11 nitrogen and oxygen atoms in total. The van der Waals surface area contributed by atoms with Crippen LogP contribution in [0, 0.1) is 56.3 Å². The molecule has 0 aliphatic carbocycles. The van der Waals surface area contributed by atoms with E-state index >= 15 is 0 Å². The highest BCUT2D eigenvalue weighted by Crippen LogP contribution is 2.31. The molecule has 17 heteroatoms. The van der Waals surface area contributed by atoms with Crippen LogP contribution in [0.4, 0.5) is 55.0 Å². The van der Waals surface area contributed by atoms with Gasteiger partial charge in [0.05, 0.1) is 27.7 Å². The van der Waals surface area contributed by atoms with Gasteiger partial charge in [-0.2, -0.15) is 5.26 Å². The van der Waals surface area contributed by atoms with Gasteiger partial charge < -0.3 is 16.4 Å². The first-order valence-electron chi connectivity index (χ1n) is 13.9. The van der Waals surface area contributed by atoms with Crippen molar-refractivity contribution in [2.75, 3.05) is 16.4 Å². The standard InChI is InChI=1S/C20H14F3N7.C12H7F3N2O2/c1-10(28-19-15(8-24)18(25)26-9-27-19)20-29-16-3-2-11(21)7-17(16)30(20)14-5-12(22)4-13(23)6-14;13-7-1-2-12(17(18)19)11(6-7)16-10-4-8(14)3-9(15)5-10/h2-7,9-10H,1H3,(H3,25,26,27,28);1-6,16H/t10-;/m0./s1. The van der Waals surface area contributed by atoms with Crippen LogP contribution in [0.15, 0.2) is 79.1 Å². The number of nitriles is 1. The van der Waals surface area contributed by atoms with E-state index in [0.717, 1.165) is 48.5 Å². The van der Waals surface area contributed by atoms with Gasteiger partial charge in [-0.1, -0.05) is 0 Å². The van der Waals surface area contributed by atoms with Crippen LogP contribution in [0.5, 0.6) is 0 Å². The molecule has 0 unspecified atom stereocenters. The number of rotatable bonds is 7. The van der Waals surface area contributed by atoms with E-state index in [1.165, 1.54) is 29.1 Å². The monoisotopic (exact) mass is 677 g/mol. The first kappa shape index (κ1) is 33.7. The van der Waals surface area contributed by atoms with Crippen LogP contribution in [-0.4, -0.2) is 24.4 Å². The number of benzene rings is 4. The molecule has 6 rings (SSSR count). The highest BCUT2D eigenvalue weighted by atomic mass is 19.2. The van der Waals surface area contributed by atoms with Gasteiger partial charge in [-0.05, 0) is 49.4 Å². The molecule has 0 aliphatic rings. The van der Waals surface area contributed by atoms with Gasteiger partial charge in [-0.3, -0.25) is 14.7 Å². The third kappa shape index (κ3) is 7.65. The largest absolute Gasteiger partial charge is 0.382 e. The number of fused-ring (bicyclic) bond motifs is 1. The predicted octanol–water partition coefficient (Wildman–Crippen LogP) is 7.62. The Morgan fingerprint density at radius 1 is 0.857 bits per heavy atom. The minimum Gasteiger partial charge on any atom is -0.382 e. The van der Waals surface area contributed by atoms with Crippen LogP contribution in [0.3, 0.4) is 0 Å². The zero-order valence-electron chi connectivity index (χ0n) is 24.9. The van der Waals surface area contributed by atoms with E-state index in [0.29, 0.717) is 22.9 Å². The number of aromatic nitrogens is 4. The third-order valence-electron chi connectivity index (χ3n) is 6.77. The first-order valence-corrected chi connectivity index (χ1v) is 13.9. The van der Waals surface area contributed by atoms with Crippen molar-refractivity contribution in [3.63, 3.8) is 0 Å². The van der Waals surface area contributed by atoms with Crippen LogP contribution in [0.25, 0.3) is 16.7 Å². The Kier molecular flexibility index (Phi) is 9.59. The second kappa shape index (κ2) is 14.0. The van der Waals surface area contributed by atoms with Gasteiger partial charge in [0.25, 0.3) is 5.69 Å². The van der Waals surface area contributed by atoms with Crippen molar-refractivity contribution in [3.05, 3.63) is 136 Å². The van der Waals surface area contributed by atoms with Crippen molar-refractivity contribution in [2.45, 2.75) is 13.0 Å². The number of nitro groups is 1. The summed E-state index contributed by atoms with van der Waals surface area (Å²) in [6.45, 7) is 1.71. The number of hydrogen-bond acceptors (Lipinski definition) is 9. The summed E-state index contributed by atoms with van der Waals surface area (Å²) in [7, 11) is 0. The van der Waals surface area contributed by atoms with E-state index in [-0.39, 0.29) is 34.3 Å². The fourth-order valence-electron chi connectivity index (χ4n) is 4.73. The summed E-state index contributed by atoms with van der Waals surface area (Å²) >= 11 is 0. The Hall–Kier alpha value is -6.70. The van der Waals surface area contributed by atoms with Gasteiger partial charge in [-0.15, -0.1) is 0 Å². The van der Waals surface area contributed by atoms with Crippen molar-refractivity contribution in [2.24, 2.45) is 0 Å². The number of imidazole rings is 1. The number of nitro benzene ring substituents is 1. The quantitative estimate of drug-likeness (QED) is 0.0877. The number of nitrogens with one attached hydrogen (secondary N) is 2. The molecule has 0 saturated carbocycles. The Morgan fingerprint density at radius 2 is 1.47 bits per heavy atom. The zero-order valence-corrected chi connectivity index (χ0v) is 24.9. The molecule has 0 fully saturated rings. The summed E-state index contributed by atoms with van der Waals surface area (Å²) in [6.07, 6.45) is 1.20. The van der Waals surface area contributed by atoms with Crippen LogP contribution in [0.1, 0.15) is 24.4 Å². The second-order valence-electron chi connectivity index (χ2n) is 10.2. The molecule has 49 heavy (non-hydrogen) atoms. The van der Waals surface area contributed by atoms with Crippen molar-refractivity contribution in [1.82, 2.24) is 19.5 Å². The maximum absolute atomic E-state index is 13.9. The molecule has 248 valence electrons. The molecule has 0 radical (unpaired) electrons. The number of hydrogen-bond donors (Lipinski definition) is 3. The van der Waals surface area contributed by atoms with Gasteiger partial charge in [-0.25, -0.2) is 41.3 Å². The molecule has 0 bridgehead atoms. The van der Waals surface area contributed by atoms with Gasteiger partial charge in [0.15, 0.2) is 0 Å². The second-order valence-corrected chi connectivity index (χ2v) is 10.2.